The highest BCUT2D eigenvalue weighted by Gasteiger charge is 2.20. The van der Waals surface area contributed by atoms with E-state index in [1.165, 1.54) is 50.3 Å². The molecule has 0 heterocycles. The first kappa shape index (κ1) is 14.9. The largest absolute Gasteiger partial charge is 0.508 e. The molecule has 2 N–H and O–H groups in total. The number of hydrogen-bond acceptors (Lipinski definition) is 4. The molecule has 4 heteroatoms. The molecule has 110 valence electrons. The van der Waals surface area contributed by atoms with Gasteiger partial charge < -0.3 is 10.2 Å². The van der Waals surface area contributed by atoms with Crippen molar-refractivity contribution in [2.75, 3.05) is 13.6 Å². The smallest absolute Gasteiger partial charge is 0.151 e. The first-order valence-corrected chi connectivity index (χ1v) is 7.29. The standard InChI is InChI=1S/C16H23NO3/c1-17(13-5-3-2-4-6-13)11-15(19)10-12-9-14(18)7-8-16(12)20/h7-9,13,18,20H,2-6,10-11H2,1H3. The Bertz CT molecular complexity index is 467. The minimum absolute atomic E-state index is 0.0662. The van der Waals surface area contributed by atoms with E-state index in [1.807, 2.05) is 7.05 Å². The summed E-state index contributed by atoms with van der Waals surface area (Å²) in [7, 11) is 2.00. The van der Waals surface area contributed by atoms with Gasteiger partial charge in [0, 0.05) is 18.0 Å². The van der Waals surface area contributed by atoms with E-state index in [0.29, 0.717) is 18.2 Å². The zero-order valence-corrected chi connectivity index (χ0v) is 12.0. The Hall–Kier alpha value is -1.55. The molecule has 0 aliphatic heterocycles. The predicted octanol–water partition coefficient (Wildman–Crippen LogP) is 2.47. The Labute approximate surface area is 120 Å². The predicted molar refractivity (Wildman–Crippen MR) is 78.0 cm³/mol. The van der Waals surface area contributed by atoms with E-state index < -0.39 is 0 Å². The second-order valence-electron chi connectivity index (χ2n) is 5.74. The van der Waals surface area contributed by atoms with Crippen molar-refractivity contribution >= 4 is 5.78 Å². The van der Waals surface area contributed by atoms with Gasteiger partial charge in [0.2, 0.25) is 0 Å². The average Bonchev–Trinajstić information content (AvgIpc) is 2.43. The normalized spacial score (nSPS) is 16.5. The fourth-order valence-corrected chi connectivity index (χ4v) is 2.91. The highest BCUT2D eigenvalue weighted by atomic mass is 16.3. The molecule has 1 fully saturated rings. The van der Waals surface area contributed by atoms with Crippen molar-refractivity contribution < 1.29 is 15.0 Å². The van der Waals surface area contributed by atoms with Crippen LogP contribution in [0.15, 0.2) is 18.2 Å². The van der Waals surface area contributed by atoms with Crippen LogP contribution >= 0.6 is 0 Å². The number of phenols is 2. The first-order chi connectivity index (χ1) is 9.56. The van der Waals surface area contributed by atoms with E-state index in [2.05, 4.69) is 4.90 Å². The maximum atomic E-state index is 12.1. The highest BCUT2D eigenvalue weighted by Crippen LogP contribution is 2.24. The first-order valence-electron chi connectivity index (χ1n) is 7.29. The van der Waals surface area contributed by atoms with E-state index in [1.54, 1.807) is 0 Å². The van der Waals surface area contributed by atoms with Crippen LogP contribution < -0.4 is 0 Å². The quantitative estimate of drug-likeness (QED) is 0.812. The van der Waals surface area contributed by atoms with Gasteiger partial charge in [-0.3, -0.25) is 9.69 Å². The van der Waals surface area contributed by atoms with Gasteiger partial charge in [-0.2, -0.15) is 0 Å². The number of likely N-dealkylation sites (N-methyl/N-ethyl adjacent to an activating group) is 1. The molecule has 0 saturated heterocycles. The third-order valence-corrected chi connectivity index (χ3v) is 4.07. The molecule has 0 amide bonds. The number of Topliss-reactive ketones (excluding diaryl/α,β-unsaturated/α-hetero) is 1. The van der Waals surface area contributed by atoms with Crippen LogP contribution in [0.4, 0.5) is 0 Å². The molecule has 1 aliphatic carbocycles. The molecule has 0 atom stereocenters. The zero-order chi connectivity index (χ0) is 14.5. The van der Waals surface area contributed by atoms with Crippen LogP contribution in [0.1, 0.15) is 37.7 Å². The summed E-state index contributed by atoms with van der Waals surface area (Å²) in [6.07, 6.45) is 6.29. The monoisotopic (exact) mass is 277 g/mol. The summed E-state index contributed by atoms with van der Waals surface area (Å²) in [5.74, 6) is 0.210. The van der Waals surface area contributed by atoms with Gasteiger partial charge in [0.1, 0.15) is 11.5 Å². The molecule has 4 nitrogen and oxygen atoms in total. The molecule has 0 spiro atoms. The van der Waals surface area contributed by atoms with Gasteiger partial charge in [-0.25, -0.2) is 0 Å². The minimum Gasteiger partial charge on any atom is -0.508 e. The third-order valence-electron chi connectivity index (χ3n) is 4.07. The van der Waals surface area contributed by atoms with Gasteiger partial charge in [-0.15, -0.1) is 0 Å². The number of aromatic hydroxyl groups is 2. The Morgan fingerprint density at radius 1 is 1.25 bits per heavy atom. The van der Waals surface area contributed by atoms with Crippen LogP contribution in [0.2, 0.25) is 0 Å². The van der Waals surface area contributed by atoms with Gasteiger partial charge in [-0.1, -0.05) is 19.3 Å². The molecule has 1 aromatic rings. The third kappa shape index (κ3) is 3.97. The van der Waals surface area contributed by atoms with E-state index in [9.17, 15) is 15.0 Å². The number of rotatable bonds is 5. The van der Waals surface area contributed by atoms with Crippen LogP contribution in [0.3, 0.4) is 0 Å². The Morgan fingerprint density at radius 3 is 2.65 bits per heavy atom. The van der Waals surface area contributed by atoms with E-state index in [4.69, 9.17) is 0 Å². The van der Waals surface area contributed by atoms with Crippen molar-refractivity contribution in [3.8, 4) is 11.5 Å². The molecule has 20 heavy (non-hydrogen) atoms. The number of hydrogen-bond donors (Lipinski definition) is 2. The summed E-state index contributed by atoms with van der Waals surface area (Å²) in [4.78, 5) is 14.2. The van der Waals surface area contributed by atoms with Gasteiger partial charge in [0.05, 0.1) is 6.54 Å². The van der Waals surface area contributed by atoms with Crippen LogP contribution in [0.25, 0.3) is 0 Å². The van der Waals surface area contributed by atoms with Gasteiger partial charge in [-0.05, 0) is 38.1 Å². The molecular formula is C16H23NO3. The molecule has 1 saturated carbocycles. The molecule has 0 radical (unpaired) electrons. The minimum atomic E-state index is 0.0662. The lowest BCUT2D eigenvalue weighted by atomic mass is 9.94. The summed E-state index contributed by atoms with van der Waals surface area (Å²) in [6, 6.07) is 4.79. The van der Waals surface area contributed by atoms with Crippen LogP contribution in [-0.4, -0.2) is 40.5 Å². The number of ketones is 1. The Kier molecular flexibility index (Phi) is 5.01. The Balaban J connectivity index is 1.89. The zero-order valence-electron chi connectivity index (χ0n) is 12.0. The van der Waals surface area contributed by atoms with E-state index in [-0.39, 0.29) is 23.7 Å². The SMILES string of the molecule is CN(CC(=O)Cc1cc(O)ccc1O)C1CCCCC1. The second-order valence-corrected chi connectivity index (χ2v) is 5.74. The second kappa shape index (κ2) is 6.75. The summed E-state index contributed by atoms with van der Waals surface area (Å²) in [5.41, 5.74) is 0.493. The lowest BCUT2D eigenvalue weighted by molar-refractivity contribution is -0.119. The van der Waals surface area contributed by atoms with Crippen LogP contribution in [0, 0.1) is 0 Å². The maximum absolute atomic E-state index is 12.1. The lowest BCUT2D eigenvalue weighted by Gasteiger charge is -2.30. The van der Waals surface area contributed by atoms with Gasteiger partial charge in [0.25, 0.3) is 0 Å². The molecule has 0 bridgehead atoms. The van der Waals surface area contributed by atoms with Crippen molar-refractivity contribution in [3.05, 3.63) is 23.8 Å². The molecule has 0 unspecified atom stereocenters. The molecule has 0 aromatic heterocycles. The van der Waals surface area contributed by atoms with Gasteiger partial charge >= 0.3 is 0 Å². The van der Waals surface area contributed by atoms with Crippen LogP contribution in [0.5, 0.6) is 11.5 Å². The fourth-order valence-electron chi connectivity index (χ4n) is 2.91. The van der Waals surface area contributed by atoms with E-state index in [0.717, 1.165) is 0 Å². The van der Waals surface area contributed by atoms with Crippen molar-refractivity contribution in [2.45, 2.75) is 44.6 Å². The number of benzene rings is 1. The molecule has 2 rings (SSSR count). The van der Waals surface area contributed by atoms with Gasteiger partial charge in [0.15, 0.2) is 5.78 Å². The summed E-state index contributed by atoms with van der Waals surface area (Å²) in [5, 5.41) is 19.1. The number of phenolic OH excluding ortho intramolecular Hbond substituents is 2. The number of carbonyl (C=O) groups is 1. The maximum Gasteiger partial charge on any atom is 0.151 e. The summed E-state index contributed by atoms with van der Waals surface area (Å²) < 4.78 is 0. The molecule has 1 aromatic carbocycles. The van der Waals surface area contributed by atoms with Crippen molar-refractivity contribution in [2.24, 2.45) is 0 Å². The van der Waals surface area contributed by atoms with Crippen LogP contribution in [-0.2, 0) is 11.2 Å². The van der Waals surface area contributed by atoms with E-state index >= 15 is 0 Å². The highest BCUT2D eigenvalue weighted by molar-refractivity contribution is 5.83. The lowest BCUT2D eigenvalue weighted by Crippen LogP contribution is -2.37. The summed E-state index contributed by atoms with van der Waals surface area (Å²) >= 11 is 0. The number of carbonyl (C=O) groups excluding carboxylic acids is 1. The van der Waals surface area contributed by atoms with Crippen molar-refractivity contribution in [1.29, 1.82) is 0 Å². The topological polar surface area (TPSA) is 60.8 Å². The average molecular weight is 277 g/mol. The molecular weight excluding hydrogens is 254 g/mol. The fraction of sp³-hybridized carbons (Fsp3) is 0.562. The Morgan fingerprint density at radius 2 is 1.95 bits per heavy atom. The van der Waals surface area contributed by atoms with Crippen molar-refractivity contribution in [1.82, 2.24) is 4.90 Å². The summed E-state index contributed by atoms with van der Waals surface area (Å²) in [6.45, 7) is 0.403. The van der Waals surface area contributed by atoms with Crippen molar-refractivity contribution in [3.63, 3.8) is 0 Å². The number of nitrogens with zero attached hydrogens (tertiary/aromatic N) is 1. The molecule has 1 aliphatic rings.